The Kier molecular flexibility index (Phi) is 3.31. The van der Waals surface area contributed by atoms with Gasteiger partial charge in [-0.1, -0.05) is 25.1 Å². The van der Waals surface area contributed by atoms with Crippen LogP contribution in [0.15, 0.2) is 30.4 Å². The smallest absolute Gasteiger partial charge is 0.189 e. The molecular formula is C11H11ClO2. The lowest BCUT2D eigenvalue weighted by molar-refractivity contribution is 0.103. The predicted octanol–water partition coefficient (Wildman–Crippen LogP) is 3.19. The standard InChI is InChI=1S/C11H11ClO2/c1-3-7(2)11(14)9-5-4-8(13)6-10(9)12/h4-6,13H,2-3H2,1H3. The summed E-state index contributed by atoms with van der Waals surface area (Å²) in [5.74, 6) is -0.119. The van der Waals surface area contributed by atoms with Gasteiger partial charge in [0.25, 0.3) is 0 Å². The highest BCUT2D eigenvalue weighted by Crippen LogP contribution is 2.23. The van der Waals surface area contributed by atoms with Crippen molar-refractivity contribution in [2.75, 3.05) is 0 Å². The summed E-state index contributed by atoms with van der Waals surface area (Å²) in [4.78, 5) is 11.6. The lowest BCUT2D eigenvalue weighted by Crippen LogP contribution is -2.02. The first-order chi connectivity index (χ1) is 6.56. The van der Waals surface area contributed by atoms with Gasteiger partial charge in [0.05, 0.1) is 5.02 Å². The van der Waals surface area contributed by atoms with Crippen LogP contribution in [0, 0.1) is 0 Å². The van der Waals surface area contributed by atoms with Gasteiger partial charge < -0.3 is 5.11 Å². The van der Waals surface area contributed by atoms with Crippen molar-refractivity contribution in [2.24, 2.45) is 0 Å². The molecule has 0 aliphatic rings. The first kappa shape index (κ1) is 10.8. The number of phenolic OH excluding ortho intramolecular Hbond substituents is 1. The summed E-state index contributed by atoms with van der Waals surface area (Å²) in [7, 11) is 0. The molecule has 0 bridgehead atoms. The van der Waals surface area contributed by atoms with E-state index >= 15 is 0 Å². The largest absolute Gasteiger partial charge is 0.508 e. The highest BCUT2D eigenvalue weighted by atomic mass is 35.5. The molecule has 1 N–H and O–H groups in total. The summed E-state index contributed by atoms with van der Waals surface area (Å²) < 4.78 is 0. The van der Waals surface area contributed by atoms with Gasteiger partial charge in [0.2, 0.25) is 0 Å². The Morgan fingerprint density at radius 2 is 2.21 bits per heavy atom. The van der Waals surface area contributed by atoms with Crippen LogP contribution in [0.1, 0.15) is 23.7 Å². The lowest BCUT2D eigenvalue weighted by atomic mass is 10.0. The van der Waals surface area contributed by atoms with Crippen molar-refractivity contribution in [2.45, 2.75) is 13.3 Å². The van der Waals surface area contributed by atoms with Crippen LogP contribution in [0.4, 0.5) is 0 Å². The maximum absolute atomic E-state index is 11.6. The van der Waals surface area contributed by atoms with E-state index in [4.69, 9.17) is 16.7 Å². The molecule has 3 heteroatoms. The van der Waals surface area contributed by atoms with Gasteiger partial charge in [0.15, 0.2) is 5.78 Å². The number of carbonyl (C=O) groups excluding carboxylic acids is 1. The quantitative estimate of drug-likeness (QED) is 0.615. The normalized spacial score (nSPS) is 9.86. The van der Waals surface area contributed by atoms with Gasteiger partial charge in [-0.3, -0.25) is 4.79 Å². The molecule has 0 amide bonds. The molecule has 0 aromatic heterocycles. The molecule has 1 aromatic carbocycles. The number of rotatable bonds is 3. The van der Waals surface area contributed by atoms with E-state index in [1.165, 1.54) is 18.2 Å². The van der Waals surface area contributed by atoms with Crippen LogP contribution in [0.3, 0.4) is 0 Å². The molecule has 0 fully saturated rings. The average molecular weight is 211 g/mol. The number of phenols is 1. The third-order valence-corrected chi connectivity index (χ3v) is 2.26. The van der Waals surface area contributed by atoms with Gasteiger partial charge in [0, 0.05) is 5.56 Å². The molecule has 0 aliphatic carbocycles. The van der Waals surface area contributed by atoms with Crippen LogP contribution in [0.25, 0.3) is 0 Å². The number of allylic oxidation sites excluding steroid dienone is 1. The van der Waals surface area contributed by atoms with Gasteiger partial charge in [-0.2, -0.15) is 0 Å². The third-order valence-electron chi connectivity index (χ3n) is 1.95. The second-order valence-corrected chi connectivity index (χ2v) is 3.36. The highest BCUT2D eigenvalue weighted by molar-refractivity contribution is 6.35. The number of ketones is 1. The molecule has 0 atom stereocenters. The number of benzene rings is 1. The average Bonchev–Trinajstić information content (AvgIpc) is 2.15. The van der Waals surface area contributed by atoms with Crippen LogP contribution in [0.5, 0.6) is 5.75 Å². The molecule has 74 valence electrons. The van der Waals surface area contributed by atoms with Gasteiger partial charge in [0.1, 0.15) is 5.75 Å². The zero-order valence-corrected chi connectivity index (χ0v) is 8.64. The monoisotopic (exact) mass is 210 g/mol. The number of aromatic hydroxyl groups is 1. The number of Topliss-reactive ketones (excluding diaryl/α,β-unsaturated/α-hetero) is 1. The minimum atomic E-state index is -0.169. The topological polar surface area (TPSA) is 37.3 Å². The van der Waals surface area contributed by atoms with E-state index < -0.39 is 0 Å². The summed E-state index contributed by atoms with van der Waals surface area (Å²) in [6.07, 6.45) is 0.593. The van der Waals surface area contributed by atoms with E-state index in [9.17, 15) is 4.79 Å². The molecule has 0 aliphatic heterocycles. The molecule has 0 heterocycles. The van der Waals surface area contributed by atoms with Crippen molar-refractivity contribution in [1.82, 2.24) is 0 Å². The van der Waals surface area contributed by atoms with E-state index in [2.05, 4.69) is 6.58 Å². The molecule has 1 aromatic rings. The van der Waals surface area contributed by atoms with Crippen LogP contribution in [-0.2, 0) is 0 Å². The third kappa shape index (κ3) is 2.15. The van der Waals surface area contributed by atoms with Crippen LogP contribution < -0.4 is 0 Å². The zero-order chi connectivity index (χ0) is 10.7. The van der Waals surface area contributed by atoms with Crippen molar-refractivity contribution in [3.8, 4) is 5.75 Å². The molecule has 2 nitrogen and oxygen atoms in total. The fourth-order valence-electron chi connectivity index (χ4n) is 1.04. The molecule has 0 saturated carbocycles. The number of halogens is 1. The van der Waals surface area contributed by atoms with Gasteiger partial charge in [-0.15, -0.1) is 0 Å². The molecular weight excluding hydrogens is 200 g/mol. The molecule has 0 saturated heterocycles. The summed E-state index contributed by atoms with van der Waals surface area (Å²) >= 11 is 5.80. The Morgan fingerprint density at radius 3 is 2.71 bits per heavy atom. The molecule has 0 spiro atoms. The van der Waals surface area contributed by atoms with E-state index in [0.717, 1.165) is 0 Å². The van der Waals surface area contributed by atoms with Crippen molar-refractivity contribution in [3.05, 3.63) is 40.9 Å². The van der Waals surface area contributed by atoms with E-state index in [1.54, 1.807) is 0 Å². The Labute approximate surface area is 87.8 Å². The minimum absolute atomic E-state index is 0.0497. The van der Waals surface area contributed by atoms with E-state index in [1.807, 2.05) is 6.92 Å². The first-order valence-electron chi connectivity index (χ1n) is 4.27. The number of hydrogen-bond donors (Lipinski definition) is 1. The minimum Gasteiger partial charge on any atom is -0.508 e. The fraction of sp³-hybridized carbons (Fsp3) is 0.182. The lowest BCUT2D eigenvalue weighted by Gasteiger charge is -2.04. The summed E-state index contributed by atoms with van der Waals surface area (Å²) in [6, 6.07) is 4.28. The van der Waals surface area contributed by atoms with Crippen molar-refractivity contribution < 1.29 is 9.90 Å². The van der Waals surface area contributed by atoms with E-state index in [0.29, 0.717) is 17.6 Å². The fourth-order valence-corrected chi connectivity index (χ4v) is 1.30. The zero-order valence-electron chi connectivity index (χ0n) is 7.88. The summed E-state index contributed by atoms with van der Waals surface area (Å²) in [5.41, 5.74) is 0.897. The Hall–Kier alpha value is -1.28. The van der Waals surface area contributed by atoms with Crippen LogP contribution >= 0.6 is 11.6 Å². The van der Waals surface area contributed by atoms with Gasteiger partial charge in [-0.25, -0.2) is 0 Å². The maximum Gasteiger partial charge on any atom is 0.189 e. The number of carbonyl (C=O) groups is 1. The Morgan fingerprint density at radius 1 is 1.57 bits per heavy atom. The van der Waals surface area contributed by atoms with Crippen molar-refractivity contribution in [3.63, 3.8) is 0 Å². The maximum atomic E-state index is 11.6. The Bertz CT molecular complexity index is 383. The number of hydrogen-bond acceptors (Lipinski definition) is 2. The summed E-state index contributed by atoms with van der Waals surface area (Å²) in [6.45, 7) is 5.50. The highest BCUT2D eigenvalue weighted by Gasteiger charge is 2.12. The van der Waals surface area contributed by atoms with Crippen molar-refractivity contribution in [1.29, 1.82) is 0 Å². The van der Waals surface area contributed by atoms with Crippen LogP contribution in [0.2, 0.25) is 5.02 Å². The Balaban J connectivity index is 3.08. The SMILES string of the molecule is C=C(CC)C(=O)c1ccc(O)cc1Cl. The van der Waals surface area contributed by atoms with Crippen LogP contribution in [-0.4, -0.2) is 10.9 Å². The summed E-state index contributed by atoms with van der Waals surface area (Å²) in [5, 5.41) is 9.35. The first-order valence-corrected chi connectivity index (χ1v) is 4.65. The predicted molar refractivity (Wildman–Crippen MR) is 56.9 cm³/mol. The molecule has 14 heavy (non-hydrogen) atoms. The molecule has 1 rings (SSSR count). The second kappa shape index (κ2) is 4.29. The van der Waals surface area contributed by atoms with Gasteiger partial charge >= 0.3 is 0 Å². The van der Waals surface area contributed by atoms with Gasteiger partial charge in [-0.05, 0) is 30.2 Å². The molecule has 0 unspecified atom stereocenters. The second-order valence-electron chi connectivity index (χ2n) is 2.95. The van der Waals surface area contributed by atoms with E-state index in [-0.39, 0.29) is 16.6 Å². The van der Waals surface area contributed by atoms with Crippen molar-refractivity contribution >= 4 is 17.4 Å². The molecule has 0 radical (unpaired) electrons.